The molecule has 0 spiro atoms. The molecule has 1 aliphatic heterocycles. The second-order valence-corrected chi connectivity index (χ2v) is 5.76. The third kappa shape index (κ3) is 4.51. The van der Waals surface area contributed by atoms with E-state index in [9.17, 15) is 0 Å². The standard InChI is InChI=1S/C16H26N2O/c1-13(2)14(3)17-16-6-4-15(5-7-16)12-18-8-10-19-11-9-18/h4-7,13-14,17H,8-12H2,1-3H3. The van der Waals surface area contributed by atoms with Crippen LogP contribution in [-0.2, 0) is 11.3 Å². The molecule has 1 aliphatic rings. The van der Waals surface area contributed by atoms with Gasteiger partial charge in [0, 0.05) is 31.4 Å². The predicted molar refractivity (Wildman–Crippen MR) is 80.5 cm³/mol. The van der Waals surface area contributed by atoms with Gasteiger partial charge in [0.25, 0.3) is 0 Å². The van der Waals surface area contributed by atoms with Gasteiger partial charge in [-0.1, -0.05) is 26.0 Å². The molecule has 106 valence electrons. The molecule has 0 bridgehead atoms. The highest BCUT2D eigenvalue weighted by Gasteiger charge is 2.11. The van der Waals surface area contributed by atoms with Crippen LogP contribution < -0.4 is 5.32 Å². The van der Waals surface area contributed by atoms with E-state index < -0.39 is 0 Å². The van der Waals surface area contributed by atoms with Crippen LogP contribution in [0, 0.1) is 5.92 Å². The van der Waals surface area contributed by atoms with E-state index in [1.807, 2.05) is 0 Å². The zero-order valence-corrected chi connectivity index (χ0v) is 12.4. The van der Waals surface area contributed by atoms with Gasteiger partial charge in [-0.05, 0) is 30.5 Å². The van der Waals surface area contributed by atoms with Crippen molar-refractivity contribution in [1.82, 2.24) is 4.90 Å². The van der Waals surface area contributed by atoms with E-state index in [0.29, 0.717) is 12.0 Å². The van der Waals surface area contributed by atoms with Crippen LogP contribution in [0.25, 0.3) is 0 Å². The summed E-state index contributed by atoms with van der Waals surface area (Å²) in [5.74, 6) is 0.646. The maximum Gasteiger partial charge on any atom is 0.0594 e. The number of morpholine rings is 1. The second-order valence-electron chi connectivity index (χ2n) is 5.76. The Morgan fingerprint density at radius 1 is 1.11 bits per heavy atom. The zero-order chi connectivity index (χ0) is 13.7. The van der Waals surface area contributed by atoms with E-state index in [1.165, 1.54) is 11.3 Å². The van der Waals surface area contributed by atoms with Gasteiger partial charge in [0.05, 0.1) is 13.2 Å². The summed E-state index contributed by atoms with van der Waals surface area (Å²) in [6.45, 7) is 11.6. The summed E-state index contributed by atoms with van der Waals surface area (Å²) in [7, 11) is 0. The molecule has 2 rings (SSSR count). The number of anilines is 1. The molecule has 1 unspecified atom stereocenters. The van der Waals surface area contributed by atoms with Crippen LogP contribution in [0.3, 0.4) is 0 Å². The van der Waals surface area contributed by atoms with Crippen LogP contribution in [0.15, 0.2) is 24.3 Å². The van der Waals surface area contributed by atoms with Gasteiger partial charge in [-0.15, -0.1) is 0 Å². The van der Waals surface area contributed by atoms with Crippen LogP contribution in [0.1, 0.15) is 26.3 Å². The topological polar surface area (TPSA) is 24.5 Å². The Morgan fingerprint density at radius 3 is 2.32 bits per heavy atom. The fourth-order valence-electron chi connectivity index (χ4n) is 2.15. The molecule has 1 aromatic carbocycles. The molecule has 1 saturated heterocycles. The summed E-state index contributed by atoms with van der Waals surface area (Å²) in [6.07, 6.45) is 0. The molecule has 1 fully saturated rings. The van der Waals surface area contributed by atoms with E-state index in [1.54, 1.807) is 0 Å². The van der Waals surface area contributed by atoms with Crippen molar-refractivity contribution >= 4 is 5.69 Å². The summed E-state index contributed by atoms with van der Waals surface area (Å²) in [4.78, 5) is 2.45. The van der Waals surface area contributed by atoms with Gasteiger partial charge in [-0.3, -0.25) is 4.90 Å². The molecule has 0 saturated carbocycles. The van der Waals surface area contributed by atoms with Crippen LogP contribution in [0.4, 0.5) is 5.69 Å². The average Bonchev–Trinajstić information content (AvgIpc) is 2.42. The number of hydrogen-bond acceptors (Lipinski definition) is 3. The zero-order valence-electron chi connectivity index (χ0n) is 12.4. The van der Waals surface area contributed by atoms with Gasteiger partial charge in [-0.25, -0.2) is 0 Å². The second kappa shape index (κ2) is 6.92. The number of benzene rings is 1. The summed E-state index contributed by atoms with van der Waals surface area (Å²) in [5.41, 5.74) is 2.59. The molecule has 3 nitrogen and oxygen atoms in total. The Labute approximate surface area is 116 Å². The van der Waals surface area contributed by atoms with Crippen molar-refractivity contribution < 1.29 is 4.74 Å². The van der Waals surface area contributed by atoms with Crippen molar-refractivity contribution in [3.05, 3.63) is 29.8 Å². The Kier molecular flexibility index (Phi) is 5.23. The van der Waals surface area contributed by atoms with Gasteiger partial charge < -0.3 is 10.1 Å². The predicted octanol–water partition coefficient (Wildman–Crippen LogP) is 2.98. The van der Waals surface area contributed by atoms with Crippen molar-refractivity contribution in [3.8, 4) is 0 Å². The van der Waals surface area contributed by atoms with E-state index >= 15 is 0 Å². The highest BCUT2D eigenvalue weighted by atomic mass is 16.5. The minimum absolute atomic E-state index is 0.505. The maximum absolute atomic E-state index is 5.37. The van der Waals surface area contributed by atoms with E-state index in [-0.39, 0.29) is 0 Å². The molecule has 1 heterocycles. The van der Waals surface area contributed by atoms with Crippen molar-refractivity contribution in [3.63, 3.8) is 0 Å². The van der Waals surface area contributed by atoms with Gasteiger partial charge in [0.15, 0.2) is 0 Å². The van der Waals surface area contributed by atoms with Crippen molar-refractivity contribution in [1.29, 1.82) is 0 Å². The van der Waals surface area contributed by atoms with Gasteiger partial charge in [0.2, 0.25) is 0 Å². The summed E-state index contributed by atoms with van der Waals surface area (Å²) >= 11 is 0. The lowest BCUT2D eigenvalue weighted by atomic mass is 10.1. The molecule has 1 N–H and O–H groups in total. The Morgan fingerprint density at radius 2 is 1.74 bits per heavy atom. The Bertz CT molecular complexity index is 369. The van der Waals surface area contributed by atoms with Crippen LogP contribution in [0.5, 0.6) is 0 Å². The van der Waals surface area contributed by atoms with E-state index in [4.69, 9.17) is 4.74 Å². The Hall–Kier alpha value is -1.06. The molecule has 0 amide bonds. The molecular weight excluding hydrogens is 236 g/mol. The Balaban J connectivity index is 1.87. The third-order valence-electron chi connectivity index (χ3n) is 3.86. The van der Waals surface area contributed by atoms with Gasteiger partial charge in [-0.2, -0.15) is 0 Å². The van der Waals surface area contributed by atoms with Crippen molar-refractivity contribution in [2.75, 3.05) is 31.6 Å². The first-order valence-electron chi connectivity index (χ1n) is 7.31. The third-order valence-corrected chi connectivity index (χ3v) is 3.86. The first kappa shape index (κ1) is 14.4. The quantitative estimate of drug-likeness (QED) is 0.883. The molecule has 3 heteroatoms. The minimum atomic E-state index is 0.505. The number of rotatable bonds is 5. The average molecular weight is 262 g/mol. The lowest BCUT2D eigenvalue weighted by Gasteiger charge is -2.26. The first-order valence-corrected chi connectivity index (χ1v) is 7.31. The highest BCUT2D eigenvalue weighted by molar-refractivity contribution is 5.45. The minimum Gasteiger partial charge on any atom is -0.382 e. The number of nitrogens with zero attached hydrogens (tertiary/aromatic N) is 1. The molecule has 0 aliphatic carbocycles. The van der Waals surface area contributed by atoms with Crippen molar-refractivity contribution in [2.45, 2.75) is 33.4 Å². The first-order chi connectivity index (χ1) is 9.15. The normalized spacial score (nSPS) is 18.5. The molecular formula is C16H26N2O. The summed E-state index contributed by atoms with van der Waals surface area (Å²) in [5, 5.41) is 3.54. The molecule has 0 radical (unpaired) electrons. The van der Waals surface area contributed by atoms with Gasteiger partial charge in [0.1, 0.15) is 0 Å². The molecule has 1 atom stereocenters. The number of ether oxygens (including phenoxy) is 1. The van der Waals surface area contributed by atoms with Crippen LogP contribution in [0.2, 0.25) is 0 Å². The van der Waals surface area contributed by atoms with Crippen LogP contribution in [-0.4, -0.2) is 37.2 Å². The SMILES string of the molecule is CC(C)C(C)Nc1ccc(CN2CCOCC2)cc1. The van der Waals surface area contributed by atoms with Gasteiger partial charge >= 0.3 is 0 Å². The number of hydrogen-bond donors (Lipinski definition) is 1. The fourth-order valence-corrected chi connectivity index (χ4v) is 2.15. The molecule has 19 heavy (non-hydrogen) atoms. The number of nitrogens with one attached hydrogen (secondary N) is 1. The van der Waals surface area contributed by atoms with Crippen LogP contribution >= 0.6 is 0 Å². The monoisotopic (exact) mass is 262 g/mol. The maximum atomic E-state index is 5.37. The molecule has 1 aromatic rings. The lowest BCUT2D eigenvalue weighted by Crippen LogP contribution is -2.35. The largest absolute Gasteiger partial charge is 0.382 e. The van der Waals surface area contributed by atoms with Crippen molar-refractivity contribution in [2.24, 2.45) is 5.92 Å². The summed E-state index contributed by atoms with van der Waals surface area (Å²) < 4.78 is 5.37. The smallest absolute Gasteiger partial charge is 0.0594 e. The lowest BCUT2D eigenvalue weighted by molar-refractivity contribution is 0.0342. The van der Waals surface area contributed by atoms with E-state index in [0.717, 1.165) is 32.8 Å². The highest BCUT2D eigenvalue weighted by Crippen LogP contribution is 2.15. The summed E-state index contributed by atoms with van der Waals surface area (Å²) in [6, 6.07) is 9.34. The van der Waals surface area contributed by atoms with E-state index in [2.05, 4.69) is 55.3 Å². The fraction of sp³-hybridized carbons (Fsp3) is 0.625. The molecule has 0 aromatic heterocycles.